The van der Waals surface area contributed by atoms with Crippen molar-refractivity contribution in [3.63, 3.8) is 0 Å². The fraction of sp³-hybridized carbons (Fsp3) is 0.538. The van der Waals surface area contributed by atoms with Gasteiger partial charge >= 0.3 is 0 Å². The zero-order valence-corrected chi connectivity index (χ0v) is 10.2. The highest BCUT2D eigenvalue weighted by molar-refractivity contribution is 5.57. The molecule has 0 radical (unpaired) electrons. The molecule has 0 amide bonds. The number of piperidine rings is 1. The maximum atomic E-state index is 9.07. The first-order chi connectivity index (χ1) is 8.35. The Hall–Kier alpha value is -1.60. The van der Waals surface area contributed by atoms with Gasteiger partial charge in [0.05, 0.1) is 17.4 Å². The first-order valence-corrected chi connectivity index (χ1v) is 6.09. The highest BCUT2D eigenvalue weighted by Crippen LogP contribution is 2.24. The summed E-state index contributed by atoms with van der Waals surface area (Å²) in [7, 11) is 2.00. The highest BCUT2D eigenvalue weighted by atomic mass is 15.1. The van der Waals surface area contributed by atoms with Crippen LogP contribution in [0.4, 0.5) is 5.69 Å². The summed E-state index contributed by atoms with van der Waals surface area (Å²) in [5.74, 6) is 0.762. The fourth-order valence-corrected chi connectivity index (χ4v) is 2.40. The number of anilines is 1. The van der Waals surface area contributed by atoms with E-state index in [9.17, 15) is 0 Å². The Bertz CT molecular complexity index is 402. The molecule has 17 heavy (non-hydrogen) atoms. The molecule has 1 aromatic rings. The predicted octanol–water partition coefficient (Wildman–Crippen LogP) is 1.39. The summed E-state index contributed by atoms with van der Waals surface area (Å²) < 4.78 is 0. The summed E-state index contributed by atoms with van der Waals surface area (Å²) in [6.45, 7) is 3.13. The van der Waals surface area contributed by atoms with Crippen molar-refractivity contribution in [2.24, 2.45) is 5.92 Å². The van der Waals surface area contributed by atoms with Crippen LogP contribution in [0.3, 0.4) is 0 Å². The molecule has 2 rings (SSSR count). The van der Waals surface area contributed by atoms with Crippen molar-refractivity contribution in [2.75, 3.05) is 31.6 Å². The van der Waals surface area contributed by atoms with Gasteiger partial charge in [-0.05, 0) is 38.4 Å². The van der Waals surface area contributed by atoms with Crippen LogP contribution in [0.5, 0.6) is 0 Å². The normalized spacial score (nSPS) is 16.8. The molecule has 0 aliphatic carbocycles. The maximum Gasteiger partial charge on any atom is 0.101 e. The molecule has 1 aliphatic rings. The largest absolute Gasteiger partial charge is 0.369 e. The van der Waals surface area contributed by atoms with E-state index < -0.39 is 0 Å². The van der Waals surface area contributed by atoms with Crippen molar-refractivity contribution < 1.29 is 0 Å². The molecule has 4 nitrogen and oxygen atoms in total. The van der Waals surface area contributed by atoms with Crippen molar-refractivity contribution in [1.82, 2.24) is 10.3 Å². The number of nitriles is 1. The van der Waals surface area contributed by atoms with Crippen LogP contribution >= 0.6 is 0 Å². The smallest absolute Gasteiger partial charge is 0.101 e. The molecule has 2 heterocycles. The van der Waals surface area contributed by atoms with E-state index in [0.29, 0.717) is 0 Å². The molecular formula is C13H18N4. The maximum absolute atomic E-state index is 9.07. The lowest BCUT2D eigenvalue weighted by Gasteiger charge is -2.33. The molecule has 0 atom stereocenters. The molecule has 1 N–H and O–H groups in total. The van der Waals surface area contributed by atoms with Crippen molar-refractivity contribution in [3.05, 3.63) is 24.0 Å². The van der Waals surface area contributed by atoms with Gasteiger partial charge in [-0.25, -0.2) is 0 Å². The average molecular weight is 230 g/mol. The van der Waals surface area contributed by atoms with Crippen LogP contribution in [0.2, 0.25) is 0 Å². The Morgan fingerprint density at radius 2 is 2.29 bits per heavy atom. The molecule has 1 saturated heterocycles. The van der Waals surface area contributed by atoms with Gasteiger partial charge < -0.3 is 10.2 Å². The van der Waals surface area contributed by atoms with E-state index in [-0.39, 0.29) is 0 Å². The average Bonchev–Trinajstić information content (AvgIpc) is 2.40. The van der Waals surface area contributed by atoms with Crippen molar-refractivity contribution >= 4 is 5.69 Å². The Kier molecular flexibility index (Phi) is 3.94. The van der Waals surface area contributed by atoms with E-state index in [0.717, 1.165) is 36.8 Å². The Morgan fingerprint density at radius 3 is 2.94 bits per heavy atom. The molecule has 0 saturated carbocycles. The monoisotopic (exact) mass is 230 g/mol. The van der Waals surface area contributed by atoms with Crippen molar-refractivity contribution in [1.29, 1.82) is 5.26 Å². The lowest BCUT2D eigenvalue weighted by Crippen LogP contribution is -2.37. The predicted molar refractivity (Wildman–Crippen MR) is 67.8 cm³/mol. The summed E-state index contributed by atoms with van der Waals surface area (Å²) in [5, 5.41) is 12.3. The Balaban J connectivity index is 2.03. The summed E-state index contributed by atoms with van der Waals surface area (Å²) >= 11 is 0. The molecular weight excluding hydrogens is 212 g/mol. The number of aromatic nitrogens is 1. The SMILES string of the molecule is CNCC1CCN(c2cnccc2C#N)CC1. The third kappa shape index (κ3) is 2.75. The first-order valence-electron chi connectivity index (χ1n) is 6.09. The first kappa shape index (κ1) is 11.9. The van der Waals surface area contributed by atoms with E-state index in [1.165, 1.54) is 12.8 Å². The summed E-state index contributed by atoms with van der Waals surface area (Å²) in [6.07, 6.45) is 5.84. The van der Waals surface area contributed by atoms with Gasteiger partial charge in [0, 0.05) is 19.3 Å². The van der Waals surface area contributed by atoms with E-state index >= 15 is 0 Å². The molecule has 1 fully saturated rings. The quantitative estimate of drug-likeness (QED) is 0.852. The van der Waals surface area contributed by atoms with Gasteiger partial charge in [-0.2, -0.15) is 5.26 Å². The van der Waals surface area contributed by atoms with Crippen LogP contribution in [0.25, 0.3) is 0 Å². The third-order valence-corrected chi connectivity index (χ3v) is 3.37. The van der Waals surface area contributed by atoms with Gasteiger partial charge in [0.2, 0.25) is 0 Å². The zero-order valence-electron chi connectivity index (χ0n) is 10.2. The summed E-state index contributed by atoms with van der Waals surface area (Å²) in [4.78, 5) is 6.39. The van der Waals surface area contributed by atoms with Crippen LogP contribution < -0.4 is 10.2 Å². The molecule has 1 aromatic heterocycles. The van der Waals surface area contributed by atoms with Gasteiger partial charge in [-0.3, -0.25) is 4.98 Å². The van der Waals surface area contributed by atoms with Gasteiger partial charge in [-0.1, -0.05) is 0 Å². The zero-order chi connectivity index (χ0) is 12.1. The Morgan fingerprint density at radius 1 is 1.53 bits per heavy atom. The molecule has 1 aliphatic heterocycles. The number of hydrogen-bond donors (Lipinski definition) is 1. The second-order valence-electron chi connectivity index (χ2n) is 4.49. The van der Waals surface area contributed by atoms with Crippen LogP contribution in [0.1, 0.15) is 18.4 Å². The fourth-order valence-electron chi connectivity index (χ4n) is 2.40. The van der Waals surface area contributed by atoms with Gasteiger partial charge in [0.15, 0.2) is 0 Å². The van der Waals surface area contributed by atoms with Crippen molar-refractivity contribution in [2.45, 2.75) is 12.8 Å². The summed E-state index contributed by atoms with van der Waals surface area (Å²) in [6, 6.07) is 4.02. The minimum Gasteiger partial charge on any atom is -0.369 e. The van der Waals surface area contributed by atoms with Crippen LogP contribution in [-0.4, -0.2) is 31.7 Å². The molecule has 0 bridgehead atoms. The number of nitrogens with zero attached hydrogens (tertiary/aromatic N) is 3. The van der Waals surface area contributed by atoms with E-state index in [4.69, 9.17) is 5.26 Å². The van der Waals surface area contributed by atoms with Gasteiger partial charge in [0.25, 0.3) is 0 Å². The minimum absolute atomic E-state index is 0.729. The van der Waals surface area contributed by atoms with Crippen LogP contribution in [0.15, 0.2) is 18.5 Å². The van der Waals surface area contributed by atoms with Gasteiger partial charge in [0.1, 0.15) is 6.07 Å². The third-order valence-electron chi connectivity index (χ3n) is 3.37. The second kappa shape index (κ2) is 5.65. The lowest BCUT2D eigenvalue weighted by atomic mass is 9.96. The van der Waals surface area contributed by atoms with Crippen LogP contribution in [-0.2, 0) is 0 Å². The molecule has 0 unspecified atom stereocenters. The molecule has 4 heteroatoms. The standard InChI is InChI=1S/C13H18N4/c1-15-9-11-3-6-17(7-4-11)13-10-16-5-2-12(13)8-14/h2,5,10-11,15H,3-4,6-7,9H2,1H3. The molecule has 90 valence electrons. The van der Waals surface area contributed by atoms with E-state index in [1.807, 2.05) is 7.05 Å². The highest BCUT2D eigenvalue weighted by Gasteiger charge is 2.20. The van der Waals surface area contributed by atoms with E-state index in [2.05, 4.69) is 21.3 Å². The number of nitrogens with one attached hydrogen (secondary N) is 1. The molecule has 0 aromatic carbocycles. The molecule has 0 spiro atoms. The Labute approximate surface area is 102 Å². The lowest BCUT2D eigenvalue weighted by molar-refractivity contribution is 0.393. The van der Waals surface area contributed by atoms with Crippen LogP contribution in [0, 0.1) is 17.2 Å². The van der Waals surface area contributed by atoms with Crippen molar-refractivity contribution in [3.8, 4) is 6.07 Å². The number of rotatable bonds is 3. The van der Waals surface area contributed by atoms with Gasteiger partial charge in [-0.15, -0.1) is 0 Å². The summed E-state index contributed by atoms with van der Waals surface area (Å²) in [5.41, 5.74) is 1.71. The number of pyridine rings is 1. The van der Waals surface area contributed by atoms with E-state index in [1.54, 1.807) is 18.5 Å². The number of hydrogen-bond acceptors (Lipinski definition) is 4. The second-order valence-corrected chi connectivity index (χ2v) is 4.49. The topological polar surface area (TPSA) is 52.0 Å². The minimum atomic E-state index is 0.729.